The van der Waals surface area contributed by atoms with Crippen LogP contribution in [-0.2, 0) is 0 Å². The first-order valence-electron chi connectivity index (χ1n) is 14.4. The van der Waals surface area contributed by atoms with Gasteiger partial charge in [0.15, 0.2) is 17.5 Å². The van der Waals surface area contributed by atoms with E-state index < -0.39 is 0 Å². The van der Waals surface area contributed by atoms with Crippen LogP contribution in [-0.4, -0.2) is 15.0 Å². The van der Waals surface area contributed by atoms with E-state index in [1.807, 2.05) is 42.5 Å². The van der Waals surface area contributed by atoms with Crippen LogP contribution in [0.4, 0.5) is 0 Å². The Kier molecular flexibility index (Phi) is 5.16. The van der Waals surface area contributed by atoms with Crippen LogP contribution < -0.4 is 0 Å². The lowest BCUT2D eigenvalue weighted by Crippen LogP contribution is -2.00. The van der Waals surface area contributed by atoms with Crippen LogP contribution in [0.15, 0.2) is 144 Å². The molecule has 0 saturated carbocycles. The SMILES string of the molecule is c1ccc(-c2nc(-c3ccc4ccccc4c3)nc(-c3cccc4c5ccccc5c5c6ccccc6oc5c34)n2)cc1. The van der Waals surface area contributed by atoms with Crippen molar-refractivity contribution in [3.63, 3.8) is 0 Å². The van der Waals surface area contributed by atoms with Crippen molar-refractivity contribution in [1.29, 1.82) is 0 Å². The Hall–Kier alpha value is -5.87. The van der Waals surface area contributed by atoms with Gasteiger partial charge in [0.1, 0.15) is 11.2 Å². The predicted molar refractivity (Wildman–Crippen MR) is 176 cm³/mol. The fourth-order valence-electron chi connectivity index (χ4n) is 6.30. The lowest BCUT2D eigenvalue weighted by atomic mass is 9.94. The van der Waals surface area contributed by atoms with Crippen molar-refractivity contribution in [2.75, 3.05) is 0 Å². The summed E-state index contributed by atoms with van der Waals surface area (Å²) >= 11 is 0. The molecule has 2 heterocycles. The normalized spacial score (nSPS) is 11.7. The fraction of sp³-hybridized carbons (Fsp3) is 0. The van der Waals surface area contributed by atoms with Crippen LogP contribution in [0.1, 0.15) is 0 Å². The molecular weight excluding hydrogens is 526 g/mol. The molecule has 4 heteroatoms. The molecule has 0 spiro atoms. The monoisotopic (exact) mass is 549 g/mol. The zero-order chi connectivity index (χ0) is 28.3. The summed E-state index contributed by atoms with van der Waals surface area (Å²) in [5.41, 5.74) is 4.50. The van der Waals surface area contributed by atoms with Crippen LogP contribution in [0.2, 0.25) is 0 Å². The van der Waals surface area contributed by atoms with Crippen molar-refractivity contribution >= 4 is 54.3 Å². The first kappa shape index (κ1) is 23.8. The van der Waals surface area contributed by atoms with Crippen LogP contribution in [0, 0.1) is 0 Å². The number of hydrogen-bond donors (Lipinski definition) is 0. The van der Waals surface area contributed by atoms with Gasteiger partial charge in [0.2, 0.25) is 0 Å². The van der Waals surface area contributed by atoms with E-state index in [1.54, 1.807) is 0 Å². The smallest absolute Gasteiger partial charge is 0.164 e. The third kappa shape index (κ3) is 3.74. The van der Waals surface area contributed by atoms with Gasteiger partial charge in [0.05, 0.1) is 0 Å². The highest BCUT2D eigenvalue weighted by Crippen LogP contribution is 2.44. The Morgan fingerprint density at radius 1 is 0.395 bits per heavy atom. The quantitative estimate of drug-likeness (QED) is 0.206. The van der Waals surface area contributed by atoms with E-state index in [1.165, 1.54) is 16.2 Å². The summed E-state index contributed by atoms with van der Waals surface area (Å²) in [5.74, 6) is 1.88. The van der Waals surface area contributed by atoms with Crippen molar-refractivity contribution in [3.8, 4) is 34.2 Å². The van der Waals surface area contributed by atoms with Gasteiger partial charge in [0, 0.05) is 32.8 Å². The molecule has 0 saturated heterocycles. The van der Waals surface area contributed by atoms with Gasteiger partial charge in [-0.1, -0.05) is 127 Å². The lowest BCUT2D eigenvalue weighted by Gasteiger charge is -2.12. The van der Waals surface area contributed by atoms with E-state index in [9.17, 15) is 0 Å². The zero-order valence-corrected chi connectivity index (χ0v) is 23.0. The molecule has 0 N–H and O–H groups in total. The van der Waals surface area contributed by atoms with Crippen molar-refractivity contribution in [2.24, 2.45) is 0 Å². The molecule has 0 fully saturated rings. The van der Waals surface area contributed by atoms with E-state index in [2.05, 4.69) is 97.1 Å². The molecule has 0 radical (unpaired) electrons. The predicted octanol–water partition coefficient (Wildman–Crippen LogP) is 10.2. The highest BCUT2D eigenvalue weighted by Gasteiger charge is 2.21. The standard InChI is InChI=1S/C39H23N3O/c1-2-12-25(13-3-1)37-40-38(27-22-21-24-11-4-5-14-26(24)23-27)42-39(41-37)32-19-10-18-30-28-15-6-7-16-29(28)34-31-17-8-9-20-33(31)43-36(34)35(30)32/h1-23H. The summed E-state index contributed by atoms with van der Waals surface area (Å²) in [6, 6.07) is 48.0. The molecular formula is C39H23N3O. The summed E-state index contributed by atoms with van der Waals surface area (Å²) in [7, 11) is 0. The van der Waals surface area contributed by atoms with Gasteiger partial charge in [-0.3, -0.25) is 0 Å². The highest BCUT2D eigenvalue weighted by molar-refractivity contribution is 6.32. The number of benzene rings is 7. The first-order valence-corrected chi connectivity index (χ1v) is 14.4. The summed E-state index contributed by atoms with van der Waals surface area (Å²) in [4.78, 5) is 15.2. The molecule has 0 aliphatic rings. The van der Waals surface area contributed by atoms with E-state index in [0.29, 0.717) is 17.5 Å². The van der Waals surface area contributed by atoms with Crippen LogP contribution in [0.5, 0.6) is 0 Å². The fourth-order valence-corrected chi connectivity index (χ4v) is 6.30. The molecule has 0 aliphatic carbocycles. The maximum absolute atomic E-state index is 6.64. The second-order valence-corrected chi connectivity index (χ2v) is 10.8. The molecule has 0 atom stereocenters. The molecule has 4 nitrogen and oxygen atoms in total. The van der Waals surface area contributed by atoms with Crippen molar-refractivity contribution in [1.82, 2.24) is 15.0 Å². The first-order chi connectivity index (χ1) is 21.3. The van der Waals surface area contributed by atoms with Gasteiger partial charge in [-0.2, -0.15) is 0 Å². The minimum atomic E-state index is 0.611. The Balaban J connectivity index is 1.39. The second-order valence-electron chi connectivity index (χ2n) is 10.8. The van der Waals surface area contributed by atoms with E-state index in [-0.39, 0.29) is 0 Å². The van der Waals surface area contributed by atoms with Gasteiger partial charge in [-0.05, 0) is 39.1 Å². The van der Waals surface area contributed by atoms with Crippen molar-refractivity contribution < 1.29 is 4.42 Å². The number of aromatic nitrogens is 3. The summed E-state index contributed by atoms with van der Waals surface area (Å²) in [5, 5.41) is 8.98. The zero-order valence-electron chi connectivity index (χ0n) is 23.0. The summed E-state index contributed by atoms with van der Waals surface area (Å²) in [6.07, 6.45) is 0. The van der Waals surface area contributed by atoms with Crippen LogP contribution >= 0.6 is 0 Å². The van der Waals surface area contributed by atoms with Gasteiger partial charge in [-0.15, -0.1) is 0 Å². The third-order valence-electron chi connectivity index (χ3n) is 8.29. The Labute approximate surface area is 246 Å². The number of fused-ring (bicyclic) bond motifs is 9. The van der Waals surface area contributed by atoms with Crippen molar-refractivity contribution in [2.45, 2.75) is 0 Å². The Morgan fingerprint density at radius 3 is 1.88 bits per heavy atom. The molecule has 0 bridgehead atoms. The van der Waals surface area contributed by atoms with E-state index in [0.717, 1.165) is 54.8 Å². The minimum absolute atomic E-state index is 0.611. The average Bonchev–Trinajstić information content (AvgIpc) is 3.48. The largest absolute Gasteiger partial charge is 0.455 e. The third-order valence-corrected chi connectivity index (χ3v) is 8.29. The van der Waals surface area contributed by atoms with Crippen LogP contribution in [0.25, 0.3) is 88.4 Å². The van der Waals surface area contributed by atoms with Gasteiger partial charge < -0.3 is 4.42 Å². The molecule has 7 aromatic carbocycles. The van der Waals surface area contributed by atoms with E-state index in [4.69, 9.17) is 19.4 Å². The number of nitrogens with zero attached hydrogens (tertiary/aromatic N) is 3. The topological polar surface area (TPSA) is 51.8 Å². The lowest BCUT2D eigenvalue weighted by molar-refractivity contribution is 0.673. The Morgan fingerprint density at radius 2 is 1.02 bits per heavy atom. The second kappa shape index (κ2) is 9.33. The van der Waals surface area contributed by atoms with Gasteiger partial charge >= 0.3 is 0 Å². The summed E-state index contributed by atoms with van der Waals surface area (Å²) in [6.45, 7) is 0. The molecule has 43 heavy (non-hydrogen) atoms. The number of rotatable bonds is 3. The van der Waals surface area contributed by atoms with E-state index >= 15 is 0 Å². The molecule has 0 amide bonds. The minimum Gasteiger partial charge on any atom is -0.455 e. The molecule has 200 valence electrons. The van der Waals surface area contributed by atoms with Crippen LogP contribution in [0.3, 0.4) is 0 Å². The Bertz CT molecular complexity index is 2510. The number of hydrogen-bond acceptors (Lipinski definition) is 4. The maximum Gasteiger partial charge on any atom is 0.164 e. The maximum atomic E-state index is 6.64. The van der Waals surface area contributed by atoms with Crippen molar-refractivity contribution in [3.05, 3.63) is 140 Å². The molecule has 9 aromatic rings. The molecule has 9 rings (SSSR count). The molecule has 2 aromatic heterocycles. The van der Waals surface area contributed by atoms with Gasteiger partial charge in [-0.25, -0.2) is 15.0 Å². The summed E-state index contributed by atoms with van der Waals surface area (Å²) < 4.78 is 6.64. The molecule has 0 aliphatic heterocycles. The van der Waals surface area contributed by atoms with Gasteiger partial charge in [0.25, 0.3) is 0 Å². The average molecular weight is 550 g/mol. The molecule has 0 unspecified atom stereocenters. The number of furan rings is 1. The number of para-hydroxylation sites is 1. The highest BCUT2D eigenvalue weighted by atomic mass is 16.3.